The molecule has 0 amide bonds. The molecule has 0 radical (unpaired) electrons. The van der Waals surface area contributed by atoms with Crippen molar-refractivity contribution in [2.45, 2.75) is 50.1 Å². The number of benzene rings is 1. The highest BCUT2D eigenvalue weighted by Crippen LogP contribution is 2.35. The zero-order valence-corrected chi connectivity index (χ0v) is 15.5. The Bertz CT molecular complexity index is 598. The van der Waals surface area contributed by atoms with Gasteiger partial charge in [0.25, 0.3) is 0 Å². The lowest BCUT2D eigenvalue weighted by atomic mass is 9.79. The monoisotopic (exact) mass is 384 g/mol. The highest BCUT2D eigenvalue weighted by molar-refractivity contribution is 7.86. The molecule has 0 aliphatic heterocycles. The molecule has 3 atom stereocenters. The van der Waals surface area contributed by atoms with Gasteiger partial charge in [0.1, 0.15) is 12.4 Å². The number of hydrogen-bond donors (Lipinski definition) is 1. The second kappa shape index (κ2) is 8.14. The molecule has 0 saturated carbocycles. The summed E-state index contributed by atoms with van der Waals surface area (Å²) in [5.74, 6) is -0.800. The summed E-state index contributed by atoms with van der Waals surface area (Å²) in [7, 11) is -1.50. The van der Waals surface area contributed by atoms with Crippen molar-refractivity contribution in [2.75, 3.05) is 19.0 Å². The van der Waals surface area contributed by atoms with Crippen LogP contribution < -0.4 is 0 Å². The third kappa shape index (κ3) is 6.04. The molecule has 0 aromatic heterocycles. The van der Waals surface area contributed by atoms with Crippen LogP contribution in [0.3, 0.4) is 0 Å². The van der Waals surface area contributed by atoms with Crippen LogP contribution in [-0.2, 0) is 21.0 Å². The zero-order valence-electron chi connectivity index (χ0n) is 14.7. The fourth-order valence-corrected chi connectivity index (χ4v) is 3.71. The van der Waals surface area contributed by atoms with Crippen molar-refractivity contribution in [3.05, 3.63) is 35.6 Å². The predicted octanol–water partition coefficient (Wildman–Crippen LogP) is 3.57. The molecule has 8 heteroatoms. The molecule has 1 rings (SSSR count). The van der Waals surface area contributed by atoms with Gasteiger partial charge in [0.2, 0.25) is 0 Å². The third-order valence-corrected chi connectivity index (χ3v) is 6.16. The van der Waals surface area contributed by atoms with E-state index in [1.54, 1.807) is 20.8 Å². The highest BCUT2D eigenvalue weighted by Gasteiger charge is 2.43. The first kappa shape index (κ1) is 22.1. The zero-order chi connectivity index (χ0) is 19.5. The van der Waals surface area contributed by atoms with Crippen molar-refractivity contribution < 1.29 is 31.6 Å². The predicted molar refractivity (Wildman–Crippen MR) is 89.4 cm³/mol. The van der Waals surface area contributed by atoms with Crippen molar-refractivity contribution in [1.29, 1.82) is 0 Å². The van der Waals surface area contributed by atoms with Crippen LogP contribution in [0.2, 0.25) is 0 Å². The number of rotatable bonds is 7. The first-order chi connectivity index (χ1) is 11.3. The molecule has 0 aliphatic rings. The number of hydrogen-bond acceptors (Lipinski definition) is 3. The van der Waals surface area contributed by atoms with E-state index in [2.05, 4.69) is 0 Å². The molecule has 0 aliphatic carbocycles. The number of aliphatic hydroxyl groups is 1. The van der Waals surface area contributed by atoms with Gasteiger partial charge in [-0.15, -0.1) is 0 Å². The molecule has 0 spiro atoms. The van der Waals surface area contributed by atoms with Crippen LogP contribution in [0.25, 0.3) is 0 Å². The molecule has 0 bridgehead atoms. The van der Waals surface area contributed by atoms with E-state index in [1.165, 1.54) is 31.2 Å². The molecule has 3 nitrogen and oxygen atoms in total. The summed E-state index contributed by atoms with van der Waals surface area (Å²) in [5, 5.41) is 9.61. The van der Waals surface area contributed by atoms with Crippen molar-refractivity contribution >= 4 is 10.8 Å². The van der Waals surface area contributed by atoms with E-state index in [1.807, 2.05) is 0 Å². The van der Waals surface area contributed by atoms with E-state index >= 15 is 0 Å². The topological polar surface area (TPSA) is 46.5 Å². The molecule has 0 heterocycles. The molecule has 1 aromatic carbocycles. The van der Waals surface area contributed by atoms with Gasteiger partial charge >= 0.3 is 6.18 Å². The summed E-state index contributed by atoms with van der Waals surface area (Å²) in [6.07, 6.45) is -5.95. The fraction of sp³-hybridized carbons (Fsp3) is 0.647. The van der Waals surface area contributed by atoms with Gasteiger partial charge in [0.05, 0.1) is 12.7 Å². The minimum absolute atomic E-state index is 0.0637. The average molecular weight is 384 g/mol. The summed E-state index contributed by atoms with van der Waals surface area (Å²) in [6.45, 7) is 4.28. The van der Waals surface area contributed by atoms with E-state index in [4.69, 9.17) is 4.74 Å². The van der Waals surface area contributed by atoms with Gasteiger partial charge in [0, 0.05) is 26.7 Å². The van der Waals surface area contributed by atoms with Crippen molar-refractivity contribution in [2.24, 2.45) is 0 Å². The average Bonchev–Trinajstić information content (AvgIpc) is 2.45. The SMILES string of the molecule is CC(C)(C)[S@@](=O)C[C@](C)(c1ccccc1F)[C@H](CO)OCC(F)(F)F. The van der Waals surface area contributed by atoms with Gasteiger partial charge in [-0.25, -0.2) is 4.39 Å². The smallest absolute Gasteiger partial charge is 0.394 e. The first-order valence-corrected chi connectivity index (χ1v) is 9.06. The lowest BCUT2D eigenvalue weighted by molar-refractivity contribution is -0.195. The number of alkyl halides is 3. The maximum absolute atomic E-state index is 14.3. The van der Waals surface area contributed by atoms with Crippen LogP contribution in [0.4, 0.5) is 17.6 Å². The third-order valence-electron chi connectivity index (χ3n) is 3.93. The Balaban J connectivity index is 3.30. The lowest BCUT2D eigenvalue weighted by Crippen LogP contribution is -2.49. The molecule has 1 aromatic rings. The maximum atomic E-state index is 14.3. The molecular formula is C17H24F4O3S. The standard InChI is InChI=1S/C17H24F4O3S/c1-15(2,3)25(23)11-16(4,12-7-5-6-8-13(12)18)14(9-22)24-10-17(19,20)21/h5-8,14,22H,9-11H2,1-4H3/t14-,16+,25-/m0/s1. The van der Waals surface area contributed by atoms with Crippen LogP contribution in [0.15, 0.2) is 24.3 Å². The maximum Gasteiger partial charge on any atom is 0.411 e. The Morgan fingerprint density at radius 1 is 1.16 bits per heavy atom. The van der Waals surface area contributed by atoms with Crippen LogP contribution in [0.1, 0.15) is 33.3 Å². The van der Waals surface area contributed by atoms with Crippen LogP contribution in [0, 0.1) is 5.82 Å². The number of aliphatic hydroxyl groups excluding tert-OH is 1. The van der Waals surface area contributed by atoms with E-state index in [9.17, 15) is 26.9 Å². The molecular weight excluding hydrogens is 360 g/mol. The summed E-state index contributed by atoms with van der Waals surface area (Å²) in [6, 6.07) is 5.57. The van der Waals surface area contributed by atoms with E-state index in [0.29, 0.717) is 0 Å². The Hall–Kier alpha value is -0.990. The Kier molecular flexibility index (Phi) is 7.18. The lowest BCUT2D eigenvalue weighted by Gasteiger charge is -2.38. The van der Waals surface area contributed by atoms with Crippen LogP contribution in [-0.4, -0.2) is 45.3 Å². The molecule has 25 heavy (non-hydrogen) atoms. The summed E-state index contributed by atoms with van der Waals surface area (Å²) < 4.78 is 68.8. The first-order valence-electron chi connectivity index (χ1n) is 7.74. The molecule has 144 valence electrons. The number of ether oxygens (including phenoxy) is 1. The van der Waals surface area contributed by atoms with Gasteiger partial charge in [0.15, 0.2) is 0 Å². The van der Waals surface area contributed by atoms with E-state index in [-0.39, 0.29) is 11.3 Å². The molecule has 0 unspecified atom stereocenters. The summed E-state index contributed by atoms with van der Waals surface area (Å²) in [4.78, 5) is 0. The van der Waals surface area contributed by atoms with Gasteiger partial charge in [-0.2, -0.15) is 13.2 Å². The summed E-state index contributed by atoms with van der Waals surface area (Å²) in [5.41, 5.74) is -1.34. The number of halogens is 4. The minimum atomic E-state index is -4.59. The Labute approximate surface area is 147 Å². The van der Waals surface area contributed by atoms with Crippen LogP contribution in [0.5, 0.6) is 0 Å². The summed E-state index contributed by atoms with van der Waals surface area (Å²) >= 11 is 0. The Morgan fingerprint density at radius 3 is 2.16 bits per heavy atom. The van der Waals surface area contributed by atoms with Gasteiger partial charge < -0.3 is 9.84 Å². The normalized spacial score (nSPS) is 17.8. The molecule has 0 saturated heterocycles. The van der Waals surface area contributed by atoms with E-state index < -0.39 is 52.3 Å². The molecule has 1 N–H and O–H groups in total. The fourth-order valence-electron chi connectivity index (χ4n) is 2.39. The van der Waals surface area contributed by atoms with Crippen LogP contribution >= 0.6 is 0 Å². The van der Waals surface area contributed by atoms with Gasteiger partial charge in [-0.3, -0.25) is 4.21 Å². The quantitative estimate of drug-likeness (QED) is 0.731. The van der Waals surface area contributed by atoms with Crippen molar-refractivity contribution in [3.63, 3.8) is 0 Å². The van der Waals surface area contributed by atoms with Crippen molar-refractivity contribution in [1.82, 2.24) is 0 Å². The Morgan fingerprint density at radius 2 is 1.72 bits per heavy atom. The highest BCUT2D eigenvalue weighted by atomic mass is 32.2. The second-order valence-corrected chi connectivity index (χ2v) is 9.30. The minimum Gasteiger partial charge on any atom is -0.394 e. The largest absolute Gasteiger partial charge is 0.411 e. The second-order valence-electron chi connectivity index (χ2n) is 7.10. The van der Waals surface area contributed by atoms with Gasteiger partial charge in [-0.1, -0.05) is 25.1 Å². The van der Waals surface area contributed by atoms with Crippen molar-refractivity contribution in [3.8, 4) is 0 Å². The molecule has 0 fully saturated rings. The van der Waals surface area contributed by atoms with Gasteiger partial charge in [-0.05, 0) is 32.4 Å². The van der Waals surface area contributed by atoms with E-state index in [0.717, 1.165) is 0 Å².